The molecule has 5 rings (SSSR count). The van der Waals surface area contributed by atoms with E-state index in [0.29, 0.717) is 11.3 Å². The molecule has 1 fully saturated rings. The van der Waals surface area contributed by atoms with E-state index in [1.54, 1.807) is 62.1 Å². The molecule has 1 N–H and O–H groups in total. The molecule has 1 amide bonds. The molecular weight excluding hydrogens is 430 g/mol. The van der Waals surface area contributed by atoms with E-state index in [0.717, 1.165) is 22.1 Å². The van der Waals surface area contributed by atoms with Crippen molar-refractivity contribution in [2.45, 2.75) is 12.6 Å². The first-order valence-electron chi connectivity index (χ1n) is 10.7. The average Bonchev–Trinajstić information content (AvgIpc) is 3.13. The van der Waals surface area contributed by atoms with Crippen LogP contribution < -0.4 is 4.74 Å². The number of methoxy groups -OCH3 is 1. The molecule has 168 valence electrons. The molecule has 0 aliphatic carbocycles. The van der Waals surface area contributed by atoms with E-state index in [2.05, 4.69) is 9.97 Å². The van der Waals surface area contributed by atoms with Crippen LogP contribution in [0, 0.1) is 0 Å². The molecule has 1 saturated heterocycles. The second-order valence-electron chi connectivity index (χ2n) is 7.97. The number of fused-ring (bicyclic) bond motifs is 1. The Bertz CT molecular complexity index is 1420. The summed E-state index contributed by atoms with van der Waals surface area (Å²) >= 11 is 0. The third kappa shape index (κ3) is 3.77. The number of Topliss-reactive ketones (excluding diaryl/α,β-unsaturated/α-hetero) is 1. The first kappa shape index (κ1) is 21.3. The van der Waals surface area contributed by atoms with Gasteiger partial charge >= 0.3 is 0 Å². The fourth-order valence-electron chi connectivity index (χ4n) is 4.23. The molecule has 7 nitrogen and oxygen atoms in total. The van der Waals surface area contributed by atoms with Crippen molar-refractivity contribution in [1.29, 1.82) is 0 Å². The number of carbonyl (C=O) groups is 2. The molecular formula is C27H21N3O4. The van der Waals surface area contributed by atoms with Gasteiger partial charge in [0.05, 0.1) is 18.4 Å². The maximum absolute atomic E-state index is 13.2. The molecule has 34 heavy (non-hydrogen) atoms. The summed E-state index contributed by atoms with van der Waals surface area (Å²) in [6.45, 7) is 0.161. The lowest BCUT2D eigenvalue weighted by Crippen LogP contribution is -2.29. The highest BCUT2D eigenvalue weighted by Crippen LogP contribution is 2.39. The van der Waals surface area contributed by atoms with Crippen molar-refractivity contribution < 1.29 is 19.4 Å². The number of benzene rings is 2. The molecule has 0 spiro atoms. The number of aliphatic hydroxyl groups is 1. The van der Waals surface area contributed by atoms with Crippen LogP contribution in [0.25, 0.3) is 16.5 Å². The van der Waals surface area contributed by atoms with Crippen molar-refractivity contribution in [3.8, 4) is 5.75 Å². The predicted octanol–water partition coefficient (Wildman–Crippen LogP) is 4.26. The number of hydrogen-bond donors (Lipinski definition) is 1. The van der Waals surface area contributed by atoms with Gasteiger partial charge < -0.3 is 14.7 Å². The zero-order valence-corrected chi connectivity index (χ0v) is 18.4. The second-order valence-corrected chi connectivity index (χ2v) is 7.97. The zero-order valence-electron chi connectivity index (χ0n) is 18.4. The normalized spacial score (nSPS) is 17.3. The van der Waals surface area contributed by atoms with E-state index in [-0.39, 0.29) is 17.9 Å². The topological polar surface area (TPSA) is 92.6 Å². The van der Waals surface area contributed by atoms with Crippen LogP contribution >= 0.6 is 0 Å². The lowest BCUT2D eigenvalue weighted by Gasteiger charge is -2.24. The number of amides is 1. The highest BCUT2D eigenvalue weighted by molar-refractivity contribution is 6.46. The number of carbonyl (C=O) groups excluding carboxylic acids is 2. The number of nitrogens with zero attached hydrogens (tertiary/aromatic N) is 3. The number of aromatic nitrogens is 2. The van der Waals surface area contributed by atoms with Crippen LogP contribution in [0.5, 0.6) is 5.75 Å². The van der Waals surface area contributed by atoms with Gasteiger partial charge in [0.15, 0.2) is 0 Å². The minimum atomic E-state index is -0.826. The Labute approximate surface area is 196 Å². The van der Waals surface area contributed by atoms with Crippen LogP contribution in [0.15, 0.2) is 90.9 Å². The van der Waals surface area contributed by atoms with Gasteiger partial charge in [0.25, 0.3) is 11.7 Å². The van der Waals surface area contributed by atoms with Crippen molar-refractivity contribution in [3.63, 3.8) is 0 Å². The maximum Gasteiger partial charge on any atom is 0.296 e. The summed E-state index contributed by atoms with van der Waals surface area (Å²) in [6.07, 6.45) is 4.89. The highest BCUT2D eigenvalue weighted by atomic mass is 16.5. The highest BCUT2D eigenvalue weighted by Gasteiger charge is 2.46. The molecule has 2 aromatic carbocycles. The van der Waals surface area contributed by atoms with E-state index in [9.17, 15) is 14.7 Å². The predicted molar refractivity (Wildman–Crippen MR) is 127 cm³/mol. The maximum atomic E-state index is 13.2. The number of rotatable bonds is 5. The van der Waals surface area contributed by atoms with Crippen LogP contribution in [0.4, 0.5) is 0 Å². The smallest absolute Gasteiger partial charge is 0.296 e. The molecule has 4 aromatic rings. The fourth-order valence-corrected chi connectivity index (χ4v) is 4.23. The number of pyridine rings is 2. The molecule has 0 bridgehead atoms. The van der Waals surface area contributed by atoms with Crippen molar-refractivity contribution in [2.75, 3.05) is 7.11 Å². The Morgan fingerprint density at radius 2 is 1.82 bits per heavy atom. The van der Waals surface area contributed by atoms with E-state index < -0.39 is 17.7 Å². The van der Waals surface area contributed by atoms with Crippen LogP contribution in [0.2, 0.25) is 0 Å². The number of likely N-dealkylation sites (tertiary alicyclic amines) is 1. The number of hydrogen-bond acceptors (Lipinski definition) is 6. The standard InChI is InChI=1S/C27H21N3O4/c1-34-21-10-9-18-13-20(8-7-19(18)14-21)25(31)23-24(22-6-2-3-12-29-22)30(27(33)26(23)32)16-17-5-4-11-28-15-17/h2-15,24,31H,16H2,1H3/b25-23+. The minimum absolute atomic E-state index is 0.0143. The largest absolute Gasteiger partial charge is 0.507 e. The van der Waals surface area contributed by atoms with Crippen LogP contribution in [0.1, 0.15) is 22.9 Å². The Kier molecular flexibility index (Phi) is 5.51. The number of ether oxygens (including phenoxy) is 1. The summed E-state index contributed by atoms with van der Waals surface area (Å²) in [5.41, 5.74) is 1.72. The lowest BCUT2D eigenvalue weighted by atomic mass is 9.97. The molecule has 1 atom stereocenters. The van der Waals surface area contributed by atoms with E-state index in [1.165, 1.54) is 4.90 Å². The van der Waals surface area contributed by atoms with Gasteiger partial charge in [0, 0.05) is 30.7 Å². The summed E-state index contributed by atoms with van der Waals surface area (Å²) in [5.74, 6) is -0.945. The number of ketones is 1. The summed E-state index contributed by atoms with van der Waals surface area (Å²) in [6, 6.07) is 19.0. The van der Waals surface area contributed by atoms with Crippen LogP contribution in [0.3, 0.4) is 0 Å². The first-order valence-corrected chi connectivity index (χ1v) is 10.7. The lowest BCUT2D eigenvalue weighted by molar-refractivity contribution is -0.140. The Morgan fingerprint density at radius 1 is 1.00 bits per heavy atom. The third-order valence-corrected chi connectivity index (χ3v) is 5.90. The van der Waals surface area contributed by atoms with Gasteiger partial charge in [-0.1, -0.05) is 30.3 Å². The summed E-state index contributed by atoms with van der Waals surface area (Å²) < 4.78 is 5.27. The van der Waals surface area contributed by atoms with Gasteiger partial charge in [-0.15, -0.1) is 0 Å². The van der Waals surface area contributed by atoms with Gasteiger partial charge in [0.2, 0.25) is 0 Å². The van der Waals surface area contributed by atoms with Gasteiger partial charge in [-0.3, -0.25) is 19.6 Å². The summed E-state index contributed by atoms with van der Waals surface area (Å²) in [5, 5.41) is 13.1. The molecule has 1 unspecified atom stereocenters. The van der Waals surface area contributed by atoms with Crippen molar-refractivity contribution in [3.05, 3.63) is 108 Å². The molecule has 1 aliphatic heterocycles. The van der Waals surface area contributed by atoms with Crippen molar-refractivity contribution >= 4 is 28.2 Å². The zero-order chi connectivity index (χ0) is 23.7. The second kappa shape index (κ2) is 8.78. The minimum Gasteiger partial charge on any atom is -0.507 e. The van der Waals surface area contributed by atoms with Crippen LogP contribution in [-0.4, -0.2) is 38.8 Å². The molecule has 0 saturated carbocycles. The Balaban J connectivity index is 1.63. The Hall–Kier alpha value is -4.52. The molecule has 7 heteroatoms. The van der Waals surface area contributed by atoms with Gasteiger partial charge in [-0.25, -0.2) is 0 Å². The summed E-state index contributed by atoms with van der Waals surface area (Å²) in [7, 11) is 1.60. The number of aliphatic hydroxyl groups excluding tert-OH is 1. The third-order valence-electron chi connectivity index (χ3n) is 5.90. The molecule has 1 aliphatic rings. The van der Waals surface area contributed by atoms with E-state index >= 15 is 0 Å². The Morgan fingerprint density at radius 3 is 2.56 bits per heavy atom. The molecule has 0 radical (unpaired) electrons. The van der Waals surface area contributed by atoms with E-state index in [4.69, 9.17) is 4.74 Å². The monoisotopic (exact) mass is 451 g/mol. The van der Waals surface area contributed by atoms with Gasteiger partial charge in [0.1, 0.15) is 17.6 Å². The van der Waals surface area contributed by atoms with Crippen molar-refractivity contribution in [2.24, 2.45) is 0 Å². The fraction of sp³-hybridized carbons (Fsp3) is 0.111. The van der Waals surface area contributed by atoms with Gasteiger partial charge in [-0.05, 0) is 52.7 Å². The van der Waals surface area contributed by atoms with Crippen LogP contribution in [-0.2, 0) is 16.1 Å². The van der Waals surface area contributed by atoms with E-state index in [1.807, 2.05) is 30.3 Å². The quantitative estimate of drug-likeness (QED) is 0.277. The van der Waals surface area contributed by atoms with Crippen molar-refractivity contribution in [1.82, 2.24) is 14.9 Å². The molecule has 2 aromatic heterocycles. The summed E-state index contributed by atoms with van der Waals surface area (Å²) in [4.78, 5) is 36.2. The first-order chi connectivity index (χ1) is 16.6. The SMILES string of the molecule is COc1ccc2cc(/C(O)=C3\C(=O)C(=O)N(Cc4cccnc4)C3c3ccccn3)ccc2c1. The molecule has 3 heterocycles. The average molecular weight is 451 g/mol. The van der Waals surface area contributed by atoms with Gasteiger partial charge in [-0.2, -0.15) is 0 Å².